The number of carbonyl (C=O) groups excluding carboxylic acids is 4. The number of carbonyl (C=O) groups is 4. The first kappa shape index (κ1) is 17.0. The van der Waals surface area contributed by atoms with Gasteiger partial charge in [0.1, 0.15) is 0 Å². The number of esters is 1. The zero-order valence-corrected chi connectivity index (χ0v) is 13.6. The quantitative estimate of drug-likeness (QED) is 0.200. The van der Waals surface area contributed by atoms with Gasteiger partial charge in [-0.15, -0.1) is 0 Å². The topological polar surface area (TPSA) is 134 Å². The van der Waals surface area contributed by atoms with Crippen LogP contribution in [0.1, 0.15) is 25.7 Å². The van der Waals surface area contributed by atoms with Crippen LogP contribution in [0.25, 0.3) is 0 Å². The van der Waals surface area contributed by atoms with Crippen molar-refractivity contribution in [3.05, 3.63) is 0 Å². The number of imide groups is 1. The highest BCUT2D eigenvalue weighted by Crippen LogP contribution is 2.33. The largest absolute Gasteiger partial charge is 0.449 e. The van der Waals surface area contributed by atoms with Gasteiger partial charge in [0.25, 0.3) is 11.8 Å². The molecule has 2 unspecified atom stereocenters. The van der Waals surface area contributed by atoms with Crippen molar-refractivity contribution >= 4 is 35.6 Å². The van der Waals surface area contributed by atoms with Gasteiger partial charge >= 0.3 is 12.0 Å². The van der Waals surface area contributed by atoms with Crippen LogP contribution in [0.5, 0.6) is 0 Å². The fourth-order valence-corrected chi connectivity index (χ4v) is 4.67. The Morgan fingerprint density at radius 3 is 2.71 bits per heavy atom. The Balaban J connectivity index is 1.35. The number of aliphatic hydroxyl groups excluding tert-OH is 1. The highest BCUT2D eigenvalue weighted by atomic mass is 32.2. The Kier molecular flexibility index (Phi) is 4.95. The van der Waals surface area contributed by atoms with E-state index in [-0.39, 0.29) is 24.5 Å². The van der Waals surface area contributed by atoms with E-state index < -0.39 is 30.0 Å². The third kappa shape index (κ3) is 3.48. The van der Waals surface area contributed by atoms with Crippen molar-refractivity contribution in [2.24, 2.45) is 0 Å². The van der Waals surface area contributed by atoms with Gasteiger partial charge < -0.3 is 20.5 Å². The molecule has 3 aliphatic rings. The normalized spacial score (nSPS) is 34.5. The van der Waals surface area contributed by atoms with Crippen LogP contribution in [0, 0.1) is 0 Å². The predicted octanol–water partition coefficient (Wildman–Crippen LogP) is -1.36. The van der Waals surface area contributed by atoms with E-state index in [4.69, 9.17) is 4.74 Å². The summed E-state index contributed by atoms with van der Waals surface area (Å²) < 4.78 is 4.87. The maximum absolute atomic E-state index is 11.7. The minimum atomic E-state index is -1.63. The number of aliphatic hydroxyl groups is 1. The van der Waals surface area contributed by atoms with Gasteiger partial charge in [0, 0.05) is 17.4 Å². The molecule has 9 nitrogen and oxygen atoms in total. The Labute approximate surface area is 142 Å². The average Bonchev–Trinajstić information content (AvgIpc) is 3.14. The van der Waals surface area contributed by atoms with Gasteiger partial charge in [-0.3, -0.25) is 19.7 Å². The lowest BCUT2D eigenvalue weighted by molar-refractivity contribution is -0.159. The van der Waals surface area contributed by atoms with Crippen LogP contribution in [-0.2, 0) is 19.1 Å². The molecule has 10 heteroatoms. The van der Waals surface area contributed by atoms with Crippen LogP contribution in [0.4, 0.5) is 4.79 Å². The number of urea groups is 1. The van der Waals surface area contributed by atoms with Crippen LogP contribution in [-0.4, -0.2) is 64.2 Å². The Morgan fingerprint density at radius 1 is 1.21 bits per heavy atom. The van der Waals surface area contributed by atoms with Gasteiger partial charge in [0.2, 0.25) is 6.10 Å². The lowest BCUT2D eigenvalue weighted by Crippen LogP contribution is -2.36. The first-order chi connectivity index (χ1) is 11.5. The molecule has 24 heavy (non-hydrogen) atoms. The SMILES string of the molecule is O=C1N[C@@H]2[C@@H](CS[C@@H]2CCCCC(=O)OC2C(=O)NC(=O)C2O)N1. The standard InChI is InChI=1S/C14H19N3O6S/c18-8(23-11-10(19)12(20)17-13(11)21)4-2-1-3-7-9-6(5-24-7)15-14(22)16-9/h6-7,9-11,19H,1-5H2,(H2,15,16,22)(H,17,20,21)/t6-,7-,9-,10?,11?/m1/s1. The number of amides is 4. The summed E-state index contributed by atoms with van der Waals surface area (Å²) in [5.41, 5.74) is 0. The van der Waals surface area contributed by atoms with Gasteiger partial charge in [-0.05, 0) is 12.8 Å². The molecule has 4 N–H and O–H groups in total. The number of rotatable bonds is 6. The fraction of sp³-hybridized carbons (Fsp3) is 0.714. The van der Waals surface area contributed by atoms with E-state index >= 15 is 0 Å². The van der Waals surface area contributed by atoms with Gasteiger partial charge in [-0.25, -0.2) is 4.79 Å². The van der Waals surface area contributed by atoms with Crippen molar-refractivity contribution in [2.45, 2.75) is 55.2 Å². The molecule has 0 aromatic rings. The summed E-state index contributed by atoms with van der Waals surface area (Å²) in [6.07, 6.45) is -0.743. The van der Waals surface area contributed by atoms with Crippen molar-refractivity contribution in [1.29, 1.82) is 0 Å². The minimum absolute atomic E-state index is 0.112. The first-order valence-corrected chi connectivity index (χ1v) is 8.91. The number of ether oxygens (including phenoxy) is 1. The molecule has 132 valence electrons. The summed E-state index contributed by atoms with van der Waals surface area (Å²) in [4.78, 5) is 45.5. The molecule has 0 spiro atoms. The summed E-state index contributed by atoms with van der Waals surface area (Å²) in [6.45, 7) is 0. The van der Waals surface area contributed by atoms with Crippen molar-refractivity contribution in [2.75, 3.05) is 5.75 Å². The van der Waals surface area contributed by atoms with Gasteiger partial charge in [0.15, 0.2) is 6.10 Å². The predicted molar refractivity (Wildman–Crippen MR) is 83.0 cm³/mol. The van der Waals surface area contributed by atoms with E-state index in [1.807, 2.05) is 5.32 Å². The fourth-order valence-electron chi connectivity index (χ4n) is 3.12. The number of hydrogen-bond donors (Lipinski definition) is 4. The highest BCUT2D eigenvalue weighted by molar-refractivity contribution is 8.00. The van der Waals surface area contributed by atoms with Gasteiger partial charge in [0.05, 0.1) is 12.1 Å². The molecule has 5 atom stereocenters. The molecule has 3 rings (SSSR count). The van der Waals surface area contributed by atoms with Gasteiger partial charge in [-0.1, -0.05) is 6.42 Å². The minimum Gasteiger partial charge on any atom is -0.449 e. The number of unbranched alkanes of at least 4 members (excludes halogenated alkanes) is 1. The maximum Gasteiger partial charge on any atom is 0.315 e. The molecule has 0 aliphatic carbocycles. The molecule has 0 aromatic heterocycles. The molecule has 3 saturated heterocycles. The van der Waals surface area contributed by atoms with E-state index in [9.17, 15) is 24.3 Å². The molecular formula is C14H19N3O6S. The molecule has 3 aliphatic heterocycles. The Hall–Kier alpha value is -1.81. The number of thioether (sulfide) groups is 1. The number of nitrogens with one attached hydrogen (secondary N) is 3. The Bertz CT molecular complexity index is 571. The summed E-state index contributed by atoms with van der Waals surface area (Å²) in [5.74, 6) is -1.37. The Morgan fingerprint density at radius 2 is 2.00 bits per heavy atom. The molecule has 0 bridgehead atoms. The van der Waals surface area contributed by atoms with E-state index in [1.54, 1.807) is 11.8 Å². The van der Waals surface area contributed by atoms with Crippen LogP contribution >= 0.6 is 11.8 Å². The second kappa shape index (κ2) is 6.98. The van der Waals surface area contributed by atoms with Crippen molar-refractivity contribution < 1.29 is 29.0 Å². The van der Waals surface area contributed by atoms with E-state index in [1.165, 1.54) is 0 Å². The second-order valence-electron chi connectivity index (χ2n) is 6.08. The van der Waals surface area contributed by atoms with Gasteiger partial charge in [-0.2, -0.15) is 11.8 Å². The number of hydrogen-bond acceptors (Lipinski definition) is 7. The lowest BCUT2D eigenvalue weighted by Gasteiger charge is -2.16. The van der Waals surface area contributed by atoms with Crippen molar-refractivity contribution in [3.8, 4) is 0 Å². The molecule has 3 fully saturated rings. The molecule has 0 aromatic carbocycles. The summed E-state index contributed by atoms with van der Waals surface area (Å²) in [5, 5.41) is 17.5. The average molecular weight is 357 g/mol. The smallest absolute Gasteiger partial charge is 0.315 e. The molecule has 3 heterocycles. The zero-order chi connectivity index (χ0) is 17.3. The summed E-state index contributed by atoms with van der Waals surface area (Å²) >= 11 is 1.81. The maximum atomic E-state index is 11.7. The summed E-state index contributed by atoms with van der Waals surface area (Å²) in [7, 11) is 0. The van der Waals surface area contributed by atoms with E-state index in [2.05, 4.69) is 10.6 Å². The van der Waals surface area contributed by atoms with E-state index in [0.29, 0.717) is 11.7 Å². The molecule has 4 amide bonds. The third-order valence-corrected chi connectivity index (χ3v) is 5.88. The second-order valence-corrected chi connectivity index (χ2v) is 7.35. The summed E-state index contributed by atoms with van der Waals surface area (Å²) in [6, 6.07) is 0.192. The molecule has 0 radical (unpaired) electrons. The van der Waals surface area contributed by atoms with Crippen LogP contribution in [0.15, 0.2) is 0 Å². The van der Waals surface area contributed by atoms with Crippen LogP contribution in [0.3, 0.4) is 0 Å². The molecular weight excluding hydrogens is 338 g/mol. The lowest BCUT2D eigenvalue weighted by atomic mass is 10.0. The highest BCUT2D eigenvalue weighted by Gasteiger charge is 2.44. The van der Waals surface area contributed by atoms with Crippen LogP contribution < -0.4 is 16.0 Å². The van der Waals surface area contributed by atoms with Crippen LogP contribution in [0.2, 0.25) is 0 Å². The number of fused-ring (bicyclic) bond motifs is 1. The first-order valence-electron chi connectivity index (χ1n) is 7.86. The third-order valence-electron chi connectivity index (χ3n) is 4.38. The van der Waals surface area contributed by atoms with E-state index in [0.717, 1.165) is 18.6 Å². The van der Waals surface area contributed by atoms with Crippen molar-refractivity contribution in [3.63, 3.8) is 0 Å². The zero-order valence-electron chi connectivity index (χ0n) is 12.8. The molecule has 0 saturated carbocycles. The van der Waals surface area contributed by atoms with Crippen molar-refractivity contribution in [1.82, 2.24) is 16.0 Å². The monoisotopic (exact) mass is 357 g/mol.